The Labute approximate surface area is 110 Å². The Balaban J connectivity index is 2.13. The lowest BCUT2D eigenvalue weighted by Gasteiger charge is -2.20. The van der Waals surface area contributed by atoms with Crippen LogP contribution in [0.3, 0.4) is 0 Å². The van der Waals surface area contributed by atoms with Gasteiger partial charge in [0.05, 0.1) is 0 Å². The van der Waals surface area contributed by atoms with Crippen molar-refractivity contribution in [3.8, 4) is 0 Å². The van der Waals surface area contributed by atoms with Gasteiger partial charge in [-0.05, 0) is 18.8 Å². The quantitative estimate of drug-likeness (QED) is 0.866. The highest BCUT2D eigenvalue weighted by atomic mass is 15.2. The Bertz CT molecular complexity index is 380. The van der Waals surface area contributed by atoms with Gasteiger partial charge in [0, 0.05) is 30.9 Å². The number of nitrogens with two attached hydrogens (primary N) is 1. The van der Waals surface area contributed by atoms with Crippen molar-refractivity contribution in [2.45, 2.75) is 45.6 Å². The first-order valence-electron chi connectivity index (χ1n) is 7.05. The third kappa shape index (κ3) is 2.80. The third-order valence-corrected chi connectivity index (χ3v) is 3.73. The van der Waals surface area contributed by atoms with Gasteiger partial charge in [-0.15, -0.1) is 0 Å². The van der Waals surface area contributed by atoms with E-state index in [2.05, 4.69) is 28.7 Å². The maximum absolute atomic E-state index is 6.23. The standard InChI is InChI=1S/C14H24N4/c1-3-5-11-7-16-10-17-14(11)18-8-12(6-4-2)13(15)9-18/h7,10,12-13H,3-6,8-9,15H2,1-2H3/t12-,13-/m0/s1. The zero-order chi connectivity index (χ0) is 13.0. The summed E-state index contributed by atoms with van der Waals surface area (Å²) in [5.74, 6) is 1.71. The predicted octanol–water partition coefficient (Wildman–Crippen LogP) is 1.99. The fourth-order valence-corrected chi connectivity index (χ4v) is 2.83. The molecule has 0 aliphatic carbocycles. The van der Waals surface area contributed by atoms with E-state index in [0.717, 1.165) is 31.7 Å². The molecule has 0 aromatic carbocycles. The van der Waals surface area contributed by atoms with E-state index in [1.165, 1.54) is 18.4 Å². The van der Waals surface area contributed by atoms with Gasteiger partial charge in [0.15, 0.2) is 0 Å². The Morgan fingerprint density at radius 1 is 1.33 bits per heavy atom. The number of aryl methyl sites for hydroxylation is 1. The molecule has 0 amide bonds. The molecule has 0 unspecified atom stereocenters. The van der Waals surface area contributed by atoms with Crippen molar-refractivity contribution in [2.24, 2.45) is 11.7 Å². The fraction of sp³-hybridized carbons (Fsp3) is 0.714. The first-order chi connectivity index (χ1) is 8.76. The van der Waals surface area contributed by atoms with Crippen molar-refractivity contribution < 1.29 is 0 Å². The number of hydrogen-bond donors (Lipinski definition) is 1. The lowest BCUT2D eigenvalue weighted by Crippen LogP contribution is -2.30. The molecule has 100 valence electrons. The minimum Gasteiger partial charge on any atom is -0.354 e. The van der Waals surface area contributed by atoms with Crippen LogP contribution in [0.5, 0.6) is 0 Å². The normalized spacial score (nSPS) is 23.6. The highest BCUT2D eigenvalue weighted by Crippen LogP contribution is 2.27. The van der Waals surface area contributed by atoms with Crippen LogP contribution in [0.25, 0.3) is 0 Å². The summed E-state index contributed by atoms with van der Waals surface area (Å²) in [6, 6.07) is 0.286. The zero-order valence-electron chi connectivity index (χ0n) is 11.5. The first kappa shape index (κ1) is 13.3. The molecule has 1 saturated heterocycles. The second-order valence-electron chi connectivity index (χ2n) is 5.24. The Kier molecular flexibility index (Phi) is 4.53. The van der Waals surface area contributed by atoms with Gasteiger partial charge in [0.1, 0.15) is 12.1 Å². The van der Waals surface area contributed by atoms with E-state index in [1.807, 2.05) is 6.20 Å². The molecule has 2 atom stereocenters. The van der Waals surface area contributed by atoms with Gasteiger partial charge < -0.3 is 10.6 Å². The minimum absolute atomic E-state index is 0.286. The summed E-state index contributed by atoms with van der Waals surface area (Å²) in [6.45, 7) is 6.39. The molecule has 2 rings (SSSR count). The van der Waals surface area contributed by atoms with Gasteiger partial charge in [-0.1, -0.05) is 26.7 Å². The smallest absolute Gasteiger partial charge is 0.135 e. The van der Waals surface area contributed by atoms with Crippen LogP contribution in [0, 0.1) is 5.92 Å². The highest BCUT2D eigenvalue weighted by molar-refractivity contribution is 5.47. The molecular formula is C14H24N4. The molecule has 4 nitrogen and oxygen atoms in total. The maximum Gasteiger partial charge on any atom is 0.135 e. The van der Waals surface area contributed by atoms with Gasteiger partial charge in [-0.25, -0.2) is 9.97 Å². The van der Waals surface area contributed by atoms with Crippen molar-refractivity contribution in [3.63, 3.8) is 0 Å². The van der Waals surface area contributed by atoms with E-state index < -0.39 is 0 Å². The number of anilines is 1. The number of nitrogens with zero attached hydrogens (tertiary/aromatic N) is 3. The van der Waals surface area contributed by atoms with E-state index in [-0.39, 0.29) is 6.04 Å². The largest absolute Gasteiger partial charge is 0.354 e. The molecule has 0 bridgehead atoms. The van der Waals surface area contributed by atoms with E-state index in [4.69, 9.17) is 5.73 Å². The third-order valence-electron chi connectivity index (χ3n) is 3.73. The number of aromatic nitrogens is 2. The molecular weight excluding hydrogens is 224 g/mol. The van der Waals surface area contributed by atoms with Gasteiger partial charge >= 0.3 is 0 Å². The Morgan fingerprint density at radius 3 is 2.89 bits per heavy atom. The second-order valence-corrected chi connectivity index (χ2v) is 5.24. The summed E-state index contributed by atoms with van der Waals surface area (Å²) in [6.07, 6.45) is 8.18. The van der Waals surface area contributed by atoms with E-state index in [9.17, 15) is 0 Å². The van der Waals surface area contributed by atoms with Crippen LogP contribution >= 0.6 is 0 Å². The molecule has 1 aromatic heterocycles. The summed E-state index contributed by atoms with van der Waals surface area (Å²) < 4.78 is 0. The highest BCUT2D eigenvalue weighted by Gasteiger charge is 2.30. The van der Waals surface area contributed by atoms with Gasteiger partial charge in [0.2, 0.25) is 0 Å². The van der Waals surface area contributed by atoms with E-state index in [0.29, 0.717) is 5.92 Å². The van der Waals surface area contributed by atoms with Gasteiger partial charge in [-0.3, -0.25) is 0 Å². The van der Waals surface area contributed by atoms with Gasteiger partial charge in [0.25, 0.3) is 0 Å². The van der Waals surface area contributed by atoms with Crippen LogP contribution in [0.15, 0.2) is 12.5 Å². The lowest BCUT2D eigenvalue weighted by atomic mass is 9.99. The first-order valence-corrected chi connectivity index (χ1v) is 7.05. The minimum atomic E-state index is 0.286. The molecule has 0 spiro atoms. The van der Waals surface area contributed by atoms with Crippen LogP contribution in [-0.4, -0.2) is 29.1 Å². The molecule has 2 N–H and O–H groups in total. The average Bonchev–Trinajstić information content (AvgIpc) is 2.73. The molecule has 0 radical (unpaired) electrons. The topological polar surface area (TPSA) is 55.0 Å². The molecule has 1 aliphatic heterocycles. The van der Waals surface area contributed by atoms with Crippen molar-refractivity contribution in [3.05, 3.63) is 18.1 Å². The van der Waals surface area contributed by atoms with E-state index in [1.54, 1.807) is 6.33 Å². The number of hydrogen-bond acceptors (Lipinski definition) is 4. The van der Waals surface area contributed by atoms with Crippen LogP contribution in [0.4, 0.5) is 5.82 Å². The lowest BCUT2D eigenvalue weighted by molar-refractivity contribution is 0.472. The molecule has 1 aromatic rings. The molecule has 0 saturated carbocycles. The van der Waals surface area contributed by atoms with Crippen LogP contribution in [0.2, 0.25) is 0 Å². The summed E-state index contributed by atoms with van der Waals surface area (Å²) in [7, 11) is 0. The van der Waals surface area contributed by atoms with Crippen LogP contribution < -0.4 is 10.6 Å². The monoisotopic (exact) mass is 248 g/mol. The Morgan fingerprint density at radius 2 is 2.17 bits per heavy atom. The average molecular weight is 248 g/mol. The molecule has 1 fully saturated rings. The molecule has 1 aliphatic rings. The summed E-state index contributed by atoms with van der Waals surface area (Å²) in [5.41, 5.74) is 7.49. The molecule has 4 heteroatoms. The summed E-state index contributed by atoms with van der Waals surface area (Å²) in [5, 5.41) is 0. The molecule has 2 heterocycles. The van der Waals surface area contributed by atoms with Crippen molar-refractivity contribution in [1.29, 1.82) is 0 Å². The van der Waals surface area contributed by atoms with Crippen molar-refractivity contribution in [2.75, 3.05) is 18.0 Å². The zero-order valence-corrected chi connectivity index (χ0v) is 11.5. The second kappa shape index (κ2) is 6.14. The summed E-state index contributed by atoms with van der Waals surface area (Å²) >= 11 is 0. The van der Waals surface area contributed by atoms with Crippen molar-refractivity contribution in [1.82, 2.24) is 9.97 Å². The Hall–Kier alpha value is -1.16. The predicted molar refractivity (Wildman–Crippen MR) is 74.6 cm³/mol. The molecule has 18 heavy (non-hydrogen) atoms. The number of rotatable bonds is 5. The summed E-state index contributed by atoms with van der Waals surface area (Å²) in [4.78, 5) is 11.0. The van der Waals surface area contributed by atoms with E-state index >= 15 is 0 Å². The maximum atomic E-state index is 6.23. The fourth-order valence-electron chi connectivity index (χ4n) is 2.83. The van der Waals surface area contributed by atoms with Gasteiger partial charge in [-0.2, -0.15) is 0 Å². The van der Waals surface area contributed by atoms with Crippen LogP contribution in [-0.2, 0) is 6.42 Å². The van der Waals surface area contributed by atoms with Crippen LogP contribution in [0.1, 0.15) is 38.7 Å². The SMILES string of the molecule is CCCc1cncnc1N1C[C@H](CCC)[C@@H](N)C1. The van der Waals surface area contributed by atoms with Crippen molar-refractivity contribution >= 4 is 5.82 Å².